The van der Waals surface area contributed by atoms with E-state index in [2.05, 4.69) is 17.0 Å². The van der Waals surface area contributed by atoms with Crippen molar-refractivity contribution in [3.63, 3.8) is 0 Å². The van der Waals surface area contributed by atoms with Crippen LogP contribution in [-0.4, -0.2) is 34.6 Å². The fourth-order valence-corrected chi connectivity index (χ4v) is 3.73. The number of carbonyl (C=O) groups excluding carboxylic acids is 1. The van der Waals surface area contributed by atoms with Crippen LogP contribution >= 0.6 is 0 Å². The number of unbranched alkanes of at least 4 members (excludes halogenated alkanes) is 1. The molecule has 0 aliphatic heterocycles. The molecule has 2 N–H and O–H groups in total. The van der Waals surface area contributed by atoms with E-state index < -0.39 is 15.9 Å². The van der Waals surface area contributed by atoms with Crippen LogP contribution in [-0.2, 0) is 10.0 Å². The molecule has 0 heterocycles. The minimum absolute atomic E-state index is 0.0418. The third-order valence-electron chi connectivity index (χ3n) is 4.29. The van der Waals surface area contributed by atoms with Gasteiger partial charge in [-0.05, 0) is 43.2 Å². The lowest BCUT2D eigenvalue weighted by atomic mass is 10.1. The normalized spacial score (nSPS) is 11.2. The molecule has 0 aromatic heterocycles. The Balaban J connectivity index is 2.34. The predicted octanol–water partition coefficient (Wildman–Crippen LogP) is 3.73. The number of amides is 1. The lowest BCUT2D eigenvalue weighted by Crippen LogP contribution is -2.24. The van der Waals surface area contributed by atoms with Crippen molar-refractivity contribution in [2.45, 2.75) is 38.5 Å². The largest absolute Gasteiger partial charge is 0.497 e. The number of aryl methyl sites for hydroxylation is 1. The molecule has 158 valence electrons. The summed E-state index contributed by atoms with van der Waals surface area (Å²) in [4.78, 5) is 13.0. The van der Waals surface area contributed by atoms with Gasteiger partial charge in [0.25, 0.3) is 5.91 Å². The van der Waals surface area contributed by atoms with Crippen molar-refractivity contribution in [3.8, 4) is 11.5 Å². The van der Waals surface area contributed by atoms with E-state index in [1.165, 1.54) is 19.2 Å². The van der Waals surface area contributed by atoms with Crippen LogP contribution < -0.4 is 19.5 Å². The molecule has 7 nitrogen and oxygen atoms in total. The van der Waals surface area contributed by atoms with E-state index >= 15 is 0 Å². The van der Waals surface area contributed by atoms with E-state index in [1.54, 1.807) is 38.1 Å². The molecule has 0 atom stereocenters. The summed E-state index contributed by atoms with van der Waals surface area (Å²) >= 11 is 0. The Hall–Kier alpha value is -2.58. The highest BCUT2D eigenvalue weighted by Gasteiger charge is 2.18. The second kappa shape index (κ2) is 10.3. The topological polar surface area (TPSA) is 93.7 Å². The van der Waals surface area contributed by atoms with E-state index in [9.17, 15) is 13.2 Å². The number of hydrogen-bond acceptors (Lipinski definition) is 5. The summed E-state index contributed by atoms with van der Waals surface area (Å²) in [5.74, 6) is 0.676. The molecule has 1 amide bonds. The summed E-state index contributed by atoms with van der Waals surface area (Å²) in [5, 5.41) is 2.82. The van der Waals surface area contributed by atoms with Crippen molar-refractivity contribution in [2.75, 3.05) is 25.6 Å². The molecule has 2 rings (SSSR count). The SMILES string of the molecule is CCCCOc1ccc(OC)cc1NC(=O)c1cc(S(=O)(=O)NCC)ccc1C. The van der Waals surface area contributed by atoms with Gasteiger partial charge in [0.05, 0.1) is 24.3 Å². The third-order valence-corrected chi connectivity index (χ3v) is 5.83. The highest BCUT2D eigenvalue weighted by atomic mass is 32.2. The van der Waals surface area contributed by atoms with Gasteiger partial charge < -0.3 is 14.8 Å². The van der Waals surface area contributed by atoms with Gasteiger partial charge in [-0.3, -0.25) is 4.79 Å². The Morgan fingerprint density at radius 3 is 2.52 bits per heavy atom. The van der Waals surface area contributed by atoms with Gasteiger partial charge in [-0.25, -0.2) is 13.1 Å². The Morgan fingerprint density at radius 1 is 1.10 bits per heavy atom. The maximum Gasteiger partial charge on any atom is 0.256 e. The van der Waals surface area contributed by atoms with E-state index in [1.807, 2.05) is 0 Å². The Kier molecular flexibility index (Phi) is 8.04. The summed E-state index contributed by atoms with van der Waals surface area (Å²) in [6, 6.07) is 9.64. The number of benzene rings is 2. The summed E-state index contributed by atoms with van der Waals surface area (Å²) in [6.07, 6.45) is 1.88. The van der Waals surface area contributed by atoms with Crippen molar-refractivity contribution in [1.29, 1.82) is 0 Å². The number of sulfonamides is 1. The van der Waals surface area contributed by atoms with Crippen molar-refractivity contribution in [3.05, 3.63) is 47.5 Å². The number of rotatable bonds is 10. The smallest absolute Gasteiger partial charge is 0.256 e. The summed E-state index contributed by atoms with van der Waals surface area (Å²) in [6.45, 7) is 6.31. The van der Waals surface area contributed by atoms with Crippen LogP contribution in [0.15, 0.2) is 41.3 Å². The number of anilines is 1. The molecule has 0 unspecified atom stereocenters. The highest BCUT2D eigenvalue weighted by Crippen LogP contribution is 2.30. The van der Waals surface area contributed by atoms with Gasteiger partial charge >= 0.3 is 0 Å². The molecule has 0 bridgehead atoms. The van der Waals surface area contributed by atoms with Crippen LogP contribution in [0.1, 0.15) is 42.6 Å². The van der Waals surface area contributed by atoms with E-state index in [0.29, 0.717) is 29.4 Å². The zero-order valence-corrected chi connectivity index (χ0v) is 18.1. The van der Waals surface area contributed by atoms with E-state index in [0.717, 1.165) is 12.8 Å². The van der Waals surface area contributed by atoms with E-state index in [4.69, 9.17) is 9.47 Å². The zero-order valence-electron chi connectivity index (χ0n) is 17.2. The van der Waals surface area contributed by atoms with Crippen molar-refractivity contribution < 1.29 is 22.7 Å². The van der Waals surface area contributed by atoms with Crippen LogP contribution in [0.3, 0.4) is 0 Å². The molecule has 0 fully saturated rings. The van der Waals surface area contributed by atoms with Crippen molar-refractivity contribution in [2.24, 2.45) is 0 Å². The Bertz CT molecular complexity index is 958. The van der Waals surface area contributed by atoms with Crippen molar-refractivity contribution >= 4 is 21.6 Å². The van der Waals surface area contributed by atoms with Gasteiger partial charge in [0.2, 0.25) is 10.0 Å². The summed E-state index contributed by atoms with van der Waals surface area (Å²) in [7, 11) is -2.13. The third kappa shape index (κ3) is 5.95. The first-order valence-corrected chi connectivity index (χ1v) is 11.0. The molecule has 0 saturated heterocycles. The van der Waals surface area contributed by atoms with Crippen LogP contribution in [0.2, 0.25) is 0 Å². The Labute approximate surface area is 172 Å². The number of methoxy groups -OCH3 is 1. The van der Waals surface area contributed by atoms with Gasteiger partial charge in [-0.15, -0.1) is 0 Å². The van der Waals surface area contributed by atoms with Gasteiger partial charge in [0.15, 0.2) is 0 Å². The lowest BCUT2D eigenvalue weighted by Gasteiger charge is -2.15. The number of carbonyl (C=O) groups is 1. The first kappa shape index (κ1) is 22.7. The molecule has 29 heavy (non-hydrogen) atoms. The minimum Gasteiger partial charge on any atom is -0.497 e. The van der Waals surface area contributed by atoms with Gasteiger partial charge in [0.1, 0.15) is 11.5 Å². The van der Waals surface area contributed by atoms with Crippen molar-refractivity contribution in [1.82, 2.24) is 4.72 Å². The molecule has 8 heteroatoms. The molecular weight excluding hydrogens is 392 g/mol. The summed E-state index contributed by atoms with van der Waals surface area (Å²) in [5.41, 5.74) is 1.39. The highest BCUT2D eigenvalue weighted by molar-refractivity contribution is 7.89. The molecular formula is C21H28N2O5S. The second-order valence-corrected chi connectivity index (χ2v) is 8.26. The maximum absolute atomic E-state index is 12.9. The maximum atomic E-state index is 12.9. The average Bonchev–Trinajstić information content (AvgIpc) is 2.69. The fourth-order valence-electron chi connectivity index (χ4n) is 2.66. The lowest BCUT2D eigenvalue weighted by molar-refractivity contribution is 0.102. The van der Waals surface area contributed by atoms with Gasteiger partial charge in [-0.2, -0.15) is 0 Å². The molecule has 0 aliphatic rings. The minimum atomic E-state index is -3.66. The van der Waals surface area contributed by atoms with Crippen LogP contribution in [0, 0.1) is 6.92 Å². The summed E-state index contributed by atoms with van der Waals surface area (Å²) < 4.78 is 38.0. The molecule has 0 radical (unpaired) electrons. The second-order valence-electron chi connectivity index (χ2n) is 6.50. The van der Waals surface area contributed by atoms with Gasteiger partial charge in [0, 0.05) is 18.2 Å². The first-order chi connectivity index (χ1) is 13.8. The monoisotopic (exact) mass is 420 g/mol. The van der Waals surface area contributed by atoms with Crippen LogP contribution in [0.25, 0.3) is 0 Å². The average molecular weight is 421 g/mol. The predicted molar refractivity (Wildman–Crippen MR) is 113 cm³/mol. The number of hydrogen-bond donors (Lipinski definition) is 2. The molecule has 0 aliphatic carbocycles. The van der Waals surface area contributed by atoms with Crippen LogP contribution in [0.4, 0.5) is 5.69 Å². The zero-order chi connectivity index (χ0) is 21.4. The quantitative estimate of drug-likeness (QED) is 0.571. The molecule has 2 aromatic rings. The first-order valence-electron chi connectivity index (χ1n) is 9.54. The van der Waals surface area contributed by atoms with E-state index in [-0.39, 0.29) is 17.0 Å². The van der Waals surface area contributed by atoms with Crippen LogP contribution in [0.5, 0.6) is 11.5 Å². The Morgan fingerprint density at radius 2 is 1.86 bits per heavy atom. The molecule has 2 aromatic carbocycles. The van der Waals surface area contributed by atoms with Gasteiger partial charge in [-0.1, -0.05) is 26.3 Å². The molecule has 0 spiro atoms. The number of nitrogens with one attached hydrogen (secondary N) is 2. The number of ether oxygens (including phenoxy) is 2. The molecule has 0 saturated carbocycles. The standard InChI is InChI=1S/C21H28N2O5S/c1-5-7-12-28-20-11-9-16(27-4)13-19(20)23-21(24)18-14-17(10-8-15(18)3)29(25,26)22-6-2/h8-11,13-14,22H,5-7,12H2,1-4H3,(H,23,24). The fraction of sp³-hybridized carbons (Fsp3) is 0.381.